The number of amides is 1. The van der Waals surface area contributed by atoms with Gasteiger partial charge in [0.05, 0.1) is 11.6 Å². The number of aromatic nitrogens is 1. The van der Waals surface area contributed by atoms with Crippen molar-refractivity contribution in [1.82, 2.24) is 4.98 Å². The first-order valence-electron chi connectivity index (χ1n) is 6.89. The van der Waals surface area contributed by atoms with Gasteiger partial charge in [-0.3, -0.25) is 4.79 Å². The molecule has 1 aromatic carbocycles. The van der Waals surface area contributed by atoms with Crippen LogP contribution in [0.2, 0.25) is 0 Å². The molecule has 0 bridgehead atoms. The van der Waals surface area contributed by atoms with Gasteiger partial charge in [-0.1, -0.05) is 17.7 Å². The molecule has 0 aliphatic rings. The van der Waals surface area contributed by atoms with E-state index in [-0.39, 0.29) is 12.3 Å². The summed E-state index contributed by atoms with van der Waals surface area (Å²) in [6.45, 7) is 5.69. The molecule has 0 radical (unpaired) electrons. The summed E-state index contributed by atoms with van der Waals surface area (Å²) in [6, 6.07) is 5.81. The lowest BCUT2D eigenvalue weighted by atomic mass is 10.1. The van der Waals surface area contributed by atoms with Gasteiger partial charge in [0.15, 0.2) is 0 Å². The Morgan fingerprint density at radius 2 is 2.09 bits per heavy atom. The maximum atomic E-state index is 12.3. The quantitative estimate of drug-likeness (QED) is 0.911. The molecule has 1 aromatic heterocycles. The lowest BCUT2D eigenvalue weighted by molar-refractivity contribution is -0.304. The fraction of sp³-hybridized carbons (Fsp3) is 0.312. The van der Waals surface area contributed by atoms with Crippen molar-refractivity contribution in [2.45, 2.75) is 33.1 Å². The van der Waals surface area contributed by atoms with E-state index in [0.29, 0.717) is 10.7 Å². The van der Waals surface area contributed by atoms with Crippen LogP contribution in [0, 0.1) is 13.8 Å². The SMILES string of the molecule is Cc1ccc(NC(=O)[C@H](C)c2nc(CC(=O)[O-])cs2)c(C)c1. The average Bonchev–Trinajstić information content (AvgIpc) is 2.88. The van der Waals surface area contributed by atoms with Gasteiger partial charge in [-0.25, -0.2) is 4.98 Å². The number of hydrogen-bond donors (Lipinski definition) is 1. The molecule has 1 N–H and O–H groups in total. The molecule has 0 aliphatic carbocycles. The summed E-state index contributed by atoms with van der Waals surface area (Å²) < 4.78 is 0. The maximum Gasteiger partial charge on any atom is 0.234 e. The van der Waals surface area contributed by atoms with Gasteiger partial charge in [0.2, 0.25) is 5.91 Å². The van der Waals surface area contributed by atoms with Crippen LogP contribution in [0.15, 0.2) is 23.6 Å². The molecule has 0 aliphatic heterocycles. The van der Waals surface area contributed by atoms with Crippen molar-refractivity contribution in [3.8, 4) is 0 Å². The van der Waals surface area contributed by atoms with Gasteiger partial charge < -0.3 is 15.2 Å². The summed E-state index contributed by atoms with van der Waals surface area (Å²) in [7, 11) is 0. The molecule has 1 heterocycles. The highest BCUT2D eigenvalue weighted by Gasteiger charge is 2.19. The van der Waals surface area contributed by atoms with Gasteiger partial charge >= 0.3 is 0 Å². The van der Waals surface area contributed by atoms with Crippen molar-refractivity contribution < 1.29 is 14.7 Å². The number of nitrogens with zero attached hydrogens (tertiary/aromatic N) is 1. The number of carbonyl (C=O) groups is 2. The van der Waals surface area contributed by atoms with Gasteiger partial charge in [0, 0.05) is 23.5 Å². The van der Waals surface area contributed by atoms with Gasteiger partial charge in [-0.2, -0.15) is 0 Å². The number of anilines is 1. The monoisotopic (exact) mass is 317 g/mol. The first kappa shape index (κ1) is 16.2. The Balaban J connectivity index is 2.08. The van der Waals surface area contributed by atoms with E-state index < -0.39 is 11.9 Å². The number of carboxylic acids is 1. The van der Waals surface area contributed by atoms with Crippen LogP contribution in [0.5, 0.6) is 0 Å². The van der Waals surface area contributed by atoms with Crippen molar-refractivity contribution in [3.63, 3.8) is 0 Å². The highest BCUT2D eigenvalue weighted by molar-refractivity contribution is 7.09. The number of rotatable bonds is 5. The molecule has 0 fully saturated rings. The topological polar surface area (TPSA) is 82.1 Å². The molecule has 0 spiro atoms. The average molecular weight is 317 g/mol. The minimum Gasteiger partial charge on any atom is -0.550 e. The van der Waals surface area contributed by atoms with Crippen LogP contribution in [0.1, 0.15) is 34.7 Å². The summed E-state index contributed by atoms with van der Waals surface area (Å²) >= 11 is 1.28. The van der Waals surface area contributed by atoms with Crippen molar-refractivity contribution in [2.24, 2.45) is 0 Å². The standard InChI is InChI=1S/C16H18N2O3S/c1-9-4-5-13(10(2)6-9)18-15(21)11(3)16-17-12(8-22-16)7-14(19)20/h4-6,8,11H,7H2,1-3H3,(H,18,21)(H,19,20)/p-1/t11-/m0/s1. The Bertz CT molecular complexity index is 709. The minimum absolute atomic E-state index is 0.165. The van der Waals surface area contributed by atoms with Crippen molar-refractivity contribution in [2.75, 3.05) is 5.32 Å². The Hall–Kier alpha value is -2.21. The van der Waals surface area contributed by atoms with E-state index in [1.165, 1.54) is 11.3 Å². The molecule has 6 heteroatoms. The van der Waals surface area contributed by atoms with Crippen molar-refractivity contribution in [3.05, 3.63) is 45.4 Å². The van der Waals surface area contributed by atoms with E-state index in [1.54, 1.807) is 12.3 Å². The summed E-state index contributed by atoms with van der Waals surface area (Å²) in [6.07, 6.45) is -0.234. The highest BCUT2D eigenvalue weighted by Crippen LogP contribution is 2.23. The third-order valence-electron chi connectivity index (χ3n) is 3.30. The zero-order valence-electron chi connectivity index (χ0n) is 12.7. The van der Waals surface area contributed by atoms with Crippen LogP contribution in [-0.2, 0) is 16.0 Å². The Kier molecular flexibility index (Phi) is 4.92. The second kappa shape index (κ2) is 6.70. The van der Waals surface area contributed by atoms with Crippen LogP contribution >= 0.6 is 11.3 Å². The molecule has 0 saturated heterocycles. The smallest absolute Gasteiger partial charge is 0.234 e. The fourth-order valence-corrected chi connectivity index (χ4v) is 2.93. The molecule has 2 aromatic rings. The number of hydrogen-bond acceptors (Lipinski definition) is 5. The first-order valence-corrected chi connectivity index (χ1v) is 7.77. The molecular formula is C16H17N2O3S-. The number of thiazole rings is 1. The van der Waals surface area contributed by atoms with E-state index in [9.17, 15) is 14.7 Å². The number of aryl methyl sites for hydroxylation is 2. The predicted molar refractivity (Wildman–Crippen MR) is 83.8 cm³/mol. The van der Waals surface area contributed by atoms with E-state index >= 15 is 0 Å². The number of aliphatic carboxylic acids is 1. The lowest BCUT2D eigenvalue weighted by Gasteiger charge is -2.12. The largest absolute Gasteiger partial charge is 0.550 e. The van der Waals surface area contributed by atoms with Crippen LogP contribution in [0.25, 0.3) is 0 Å². The van der Waals surface area contributed by atoms with Crippen molar-refractivity contribution in [1.29, 1.82) is 0 Å². The van der Waals surface area contributed by atoms with E-state index in [0.717, 1.165) is 16.8 Å². The van der Waals surface area contributed by atoms with Gasteiger partial charge in [-0.05, 0) is 32.4 Å². The summed E-state index contributed by atoms with van der Waals surface area (Å²) in [5.74, 6) is -1.79. The molecule has 0 saturated carbocycles. The Labute approximate surface area is 133 Å². The third kappa shape index (κ3) is 3.92. The van der Waals surface area contributed by atoms with Gasteiger partial charge in [0.1, 0.15) is 5.01 Å². The molecule has 2 rings (SSSR count). The molecule has 0 unspecified atom stereocenters. The van der Waals surface area contributed by atoms with Gasteiger partial charge in [-0.15, -0.1) is 11.3 Å². The first-order chi connectivity index (χ1) is 10.4. The Morgan fingerprint density at radius 3 is 2.73 bits per heavy atom. The fourth-order valence-electron chi connectivity index (χ4n) is 2.06. The maximum absolute atomic E-state index is 12.3. The zero-order valence-corrected chi connectivity index (χ0v) is 13.5. The van der Waals surface area contributed by atoms with E-state index in [2.05, 4.69) is 10.3 Å². The summed E-state index contributed by atoms with van der Waals surface area (Å²) in [5, 5.41) is 15.7. The Morgan fingerprint density at radius 1 is 1.36 bits per heavy atom. The number of carboxylic acid groups (broad SMARTS) is 1. The third-order valence-corrected chi connectivity index (χ3v) is 4.37. The van der Waals surface area contributed by atoms with E-state index in [1.807, 2.05) is 32.0 Å². The number of nitrogens with one attached hydrogen (secondary N) is 1. The summed E-state index contributed by atoms with van der Waals surface area (Å²) in [5.41, 5.74) is 3.33. The zero-order chi connectivity index (χ0) is 16.3. The molecule has 1 amide bonds. The van der Waals surface area contributed by atoms with Crippen LogP contribution in [0.3, 0.4) is 0 Å². The molecular weight excluding hydrogens is 300 g/mol. The molecule has 116 valence electrons. The lowest BCUT2D eigenvalue weighted by Crippen LogP contribution is -2.24. The second-order valence-electron chi connectivity index (χ2n) is 5.26. The molecule has 1 atom stereocenters. The number of benzene rings is 1. The van der Waals surface area contributed by atoms with Crippen molar-refractivity contribution >= 4 is 28.9 Å². The second-order valence-corrected chi connectivity index (χ2v) is 6.14. The predicted octanol–water partition coefficient (Wildman–Crippen LogP) is 1.79. The van der Waals surface area contributed by atoms with Crippen LogP contribution < -0.4 is 10.4 Å². The highest BCUT2D eigenvalue weighted by atomic mass is 32.1. The summed E-state index contributed by atoms with van der Waals surface area (Å²) in [4.78, 5) is 27.1. The van der Waals surface area contributed by atoms with Crippen LogP contribution in [-0.4, -0.2) is 16.9 Å². The number of carbonyl (C=O) groups excluding carboxylic acids is 2. The molecule has 5 nitrogen and oxygen atoms in total. The minimum atomic E-state index is -1.18. The van der Waals surface area contributed by atoms with Gasteiger partial charge in [0.25, 0.3) is 0 Å². The van der Waals surface area contributed by atoms with E-state index in [4.69, 9.17) is 0 Å². The van der Waals surface area contributed by atoms with Crippen LogP contribution in [0.4, 0.5) is 5.69 Å². The molecule has 22 heavy (non-hydrogen) atoms. The normalized spacial score (nSPS) is 12.0.